The molecule has 1 fully saturated rings. The molecule has 19 heavy (non-hydrogen) atoms. The van der Waals surface area contributed by atoms with Crippen molar-refractivity contribution in [2.75, 3.05) is 0 Å². The van der Waals surface area contributed by atoms with E-state index in [1.54, 1.807) is 0 Å². The summed E-state index contributed by atoms with van der Waals surface area (Å²) in [7, 11) is 0. The van der Waals surface area contributed by atoms with E-state index in [-0.39, 0.29) is 23.9 Å². The van der Waals surface area contributed by atoms with Crippen molar-refractivity contribution >= 4 is 17.5 Å². The molecule has 1 aromatic carbocycles. The Balaban J connectivity index is 2.09. The lowest BCUT2D eigenvalue weighted by atomic mass is 9.99. The first-order chi connectivity index (χ1) is 8.99. The number of hydrogen-bond donors (Lipinski definition) is 2. The van der Waals surface area contributed by atoms with E-state index >= 15 is 0 Å². The summed E-state index contributed by atoms with van der Waals surface area (Å²) in [6.45, 7) is 3.73. The van der Waals surface area contributed by atoms with Crippen molar-refractivity contribution in [3.63, 3.8) is 0 Å². The van der Waals surface area contributed by atoms with Gasteiger partial charge in [-0.1, -0.05) is 30.7 Å². The third kappa shape index (κ3) is 3.71. The Morgan fingerprint density at radius 3 is 2.37 bits per heavy atom. The highest BCUT2D eigenvalue weighted by molar-refractivity contribution is 6.30. The van der Waals surface area contributed by atoms with Crippen LogP contribution in [0.15, 0.2) is 24.3 Å². The molecule has 0 aliphatic heterocycles. The molecule has 3 atom stereocenters. The first-order valence-corrected chi connectivity index (χ1v) is 7.18. The standard InChI is InChI=1S/C15H21ClN2O/c1-9(10(2)17)15(19)18-14(11-3-4-11)12-5-7-13(16)8-6-12/h5-11,14H,3-4,17H2,1-2H3,(H,18,19). The number of carbonyl (C=O) groups excluding carboxylic acids is 1. The molecule has 1 amide bonds. The van der Waals surface area contributed by atoms with Gasteiger partial charge in [0.2, 0.25) is 5.91 Å². The molecule has 1 aliphatic carbocycles. The fraction of sp³-hybridized carbons (Fsp3) is 0.533. The fourth-order valence-electron chi connectivity index (χ4n) is 2.10. The molecule has 0 bridgehead atoms. The smallest absolute Gasteiger partial charge is 0.224 e. The quantitative estimate of drug-likeness (QED) is 0.871. The molecule has 1 aliphatic rings. The molecule has 104 valence electrons. The minimum absolute atomic E-state index is 0.0295. The second-order valence-electron chi connectivity index (χ2n) is 5.52. The maximum absolute atomic E-state index is 12.2. The summed E-state index contributed by atoms with van der Waals surface area (Å²) < 4.78 is 0. The van der Waals surface area contributed by atoms with Crippen molar-refractivity contribution in [3.05, 3.63) is 34.9 Å². The Morgan fingerprint density at radius 2 is 1.89 bits per heavy atom. The van der Waals surface area contributed by atoms with Crippen molar-refractivity contribution in [2.24, 2.45) is 17.6 Å². The second kappa shape index (κ2) is 5.93. The van der Waals surface area contributed by atoms with Gasteiger partial charge in [-0.05, 0) is 43.4 Å². The van der Waals surface area contributed by atoms with Gasteiger partial charge in [0.25, 0.3) is 0 Å². The summed E-state index contributed by atoms with van der Waals surface area (Å²) in [6.07, 6.45) is 2.33. The van der Waals surface area contributed by atoms with Crippen LogP contribution in [0.2, 0.25) is 5.02 Å². The van der Waals surface area contributed by atoms with Gasteiger partial charge in [-0.3, -0.25) is 4.79 Å². The van der Waals surface area contributed by atoms with Crippen molar-refractivity contribution in [1.29, 1.82) is 0 Å². The van der Waals surface area contributed by atoms with Gasteiger partial charge < -0.3 is 11.1 Å². The van der Waals surface area contributed by atoms with Crippen LogP contribution >= 0.6 is 11.6 Å². The van der Waals surface area contributed by atoms with E-state index in [1.165, 1.54) is 12.8 Å². The summed E-state index contributed by atoms with van der Waals surface area (Å²) in [5.41, 5.74) is 6.91. The maximum atomic E-state index is 12.2. The SMILES string of the molecule is CC(N)C(C)C(=O)NC(c1ccc(Cl)cc1)C1CC1. The highest BCUT2D eigenvalue weighted by atomic mass is 35.5. The van der Waals surface area contributed by atoms with Gasteiger partial charge in [0.1, 0.15) is 0 Å². The molecule has 3 N–H and O–H groups in total. The molecular formula is C15H21ClN2O. The predicted octanol–water partition coefficient (Wildman–Crippen LogP) is 2.89. The molecule has 3 unspecified atom stereocenters. The number of carbonyl (C=O) groups is 1. The van der Waals surface area contributed by atoms with E-state index in [0.29, 0.717) is 10.9 Å². The summed E-state index contributed by atoms with van der Waals surface area (Å²) >= 11 is 5.91. The summed E-state index contributed by atoms with van der Waals surface area (Å²) in [5.74, 6) is 0.404. The van der Waals surface area contributed by atoms with Crippen molar-refractivity contribution in [1.82, 2.24) is 5.32 Å². The van der Waals surface area contributed by atoms with Gasteiger partial charge in [0.15, 0.2) is 0 Å². The van der Waals surface area contributed by atoms with Crippen LogP contribution in [0.5, 0.6) is 0 Å². The normalized spacial score (nSPS) is 19.6. The Morgan fingerprint density at radius 1 is 1.32 bits per heavy atom. The maximum Gasteiger partial charge on any atom is 0.224 e. The van der Waals surface area contributed by atoms with Gasteiger partial charge in [-0.2, -0.15) is 0 Å². The van der Waals surface area contributed by atoms with Gasteiger partial charge in [-0.15, -0.1) is 0 Å². The molecule has 1 saturated carbocycles. The highest BCUT2D eigenvalue weighted by Gasteiger charge is 2.34. The number of amides is 1. The molecule has 0 saturated heterocycles. The summed E-state index contributed by atoms with van der Waals surface area (Å²) in [6, 6.07) is 7.67. The molecule has 0 aromatic heterocycles. The average molecular weight is 281 g/mol. The predicted molar refractivity (Wildman–Crippen MR) is 77.9 cm³/mol. The molecule has 4 heteroatoms. The van der Waals surface area contributed by atoms with Crippen LogP contribution in [-0.2, 0) is 4.79 Å². The minimum atomic E-state index is -0.173. The minimum Gasteiger partial charge on any atom is -0.349 e. The number of halogens is 1. The Bertz CT molecular complexity index is 440. The lowest BCUT2D eigenvalue weighted by Gasteiger charge is -2.23. The van der Waals surface area contributed by atoms with Crippen molar-refractivity contribution < 1.29 is 4.79 Å². The number of nitrogens with two attached hydrogens (primary N) is 1. The lowest BCUT2D eigenvalue weighted by molar-refractivity contribution is -0.125. The van der Waals surface area contributed by atoms with E-state index in [0.717, 1.165) is 5.56 Å². The van der Waals surface area contributed by atoms with Crippen molar-refractivity contribution in [3.8, 4) is 0 Å². The summed E-state index contributed by atoms with van der Waals surface area (Å²) in [4.78, 5) is 12.2. The average Bonchev–Trinajstić information content (AvgIpc) is 3.20. The third-order valence-electron chi connectivity index (χ3n) is 3.82. The van der Waals surface area contributed by atoms with E-state index in [4.69, 9.17) is 17.3 Å². The molecule has 2 rings (SSSR count). The van der Waals surface area contributed by atoms with Gasteiger partial charge in [-0.25, -0.2) is 0 Å². The Labute approximate surface area is 119 Å². The van der Waals surface area contributed by atoms with Crippen LogP contribution in [0.25, 0.3) is 0 Å². The van der Waals surface area contributed by atoms with Gasteiger partial charge in [0, 0.05) is 17.0 Å². The number of nitrogens with one attached hydrogen (secondary N) is 1. The van der Waals surface area contributed by atoms with Crippen LogP contribution in [0, 0.1) is 11.8 Å². The first kappa shape index (κ1) is 14.4. The van der Waals surface area contributed by atoms with Gasteiger partial charge in [0.05, 0.1) is 6.04 Å². The molecule has 0 heterocycles. The molecule has 1 aromatic rings. The zero-order chi connectivity index (χ0) is 14.0. The van der Waals surface area contributed by atoms with Crippen LogP contribution in [0.1, 0.15) is 38.3 Å². The topological polar surface area (TPSA) is 55.1 Å². The zero-order valence-corrected chi connectivity index (χ0v) is 12.2. The third-order valence-corrected chi connectivity index (χ3v) is 4.07. The number of rotatable bonds is 5. The number of hydrogen-bond acceptors (Lipinski definition) is 2. The molecule has 3 nitrogen and oxygen atoms in total. The fourth-order valence-corrected chi connectivity index (χ4v) is 2.22. The summed E-state index contributed by atoms with van der Waals surface area (Å²) in [5, 5.41) is 3.85. The zero-order valence-electron chi connectivity index (χ0n) is 11.4. The van der Waals surface area contributed by atoms with E-state index < -0.39 is 0 Å². The Kier molecular flexibility index (Phi) is 4.48. The van der Waals surface area contributed by atoms with Gasteiger partial charge >= 0.3 is 0 Å². The van der Waals surface area contributed by atoms with Crippen LogP contribution in [0.3, 0.4) is 0 Å². The lowest BCUT2D eigenvalue weighted by Crippen LogP contribution is -2.40. The van der Waals surface area contributed by atoms with Crippen molar-refractivity contribution in [2.45, 2.75) is 38.8 Å². The van der Waals surface area contributed by atoms with E-state index in [2.05, 4.69) is 5.32 Å². The van der Waals surface area contributed by atoms with Crippen LogP contribution < -0.4 is 11.1 Å². The molecular weight excluding hydrogens is 260 g/mol. The monoisotopic (exact) mass is 280 g/mol. The second-order valence-corrected chi connectivity index (χ2v) is 5.96. The number of benzene rings is 1. The van der Waals surface area contributed by atoms with Crippen LogP contribution in [-0.4, -0.2) is 11.9 Å². The van der Waals surface area contributed by atoms with E-state index in [9.17, 15) is 4.79 Å². The largest absolute Gasteiger partial charge is 0.349 e. The molecule has 0 spiro atoms. The first-order valence-electron chi connectivity index (χ1n) is 6.80. The highest BCUT2D eigenvalue weighted by Crippen LogP contribution is 2.41. The van der Waals surface area contributed by atoms with E-state index in [1.807, 2.05) is 38.1 Å². The Hall–Kier alpha value is -1.06. The van der Waals surface area contributed by atoms with Crippen LogP contribution in [0.4, 0.5) is 0 Å². The molecule has 0 radical (unpaired) electrons.